The lowest BCUT2D eigenvalue weighted by Crippen LogP contribution is -2.16. The van der Waals surface area contributed by atoms with Crippen molar-refractivity contribution in [1.82, 2.24) is 0 Å². The molecule has 1 unspecified atom stereocenters. The highest BCUT2D eigenvalue weighted by Gasteiger charge is 2.07. The van der Waals surface area contributed by atoms with Gasteiger partial charge in [0.1, 0.15) is 0 Å². The van der Waals surface area contributed by atoms with Crippen LogP contribution in [0.1, 0.15) is 13.8 Å². The summed E-state index contributed by atoms with van der Waals surface area (Å²) in [6, 6.07) is 0. The number of rotatable bonds is 4. The lowest BCUT2D eigenvalue weighted by molar-refractivity contribution is -0.164. The SMILES string of the molecule is C=C(C)C(=O)OC(C)OC.C=CC(=O)O. The number of carboxylic acid groups (broad SMARTS) is 1. The number of hydrogen-bond donors (Lipinski definition) is 1. The molecule has 0 aliphatic carbocycles. The first-order chi connectivity index (χ1) is 6.84. The highest BCUT2D eigenvalue weighted by molar-refractivity contribution is 5.86. The van der Waals surface area contributed by atoms with Crippen LogP contribution in [0.2, 0.25) is 0 Å². The van der Waals surface area contributed by atoms with E-state index in [0.29, 0.717) is 5.57 Å². The molecule has 0 rings (SSSR count). The molecule has 5 nitrogen and oxygen atoms in total. The summed E-state index contributed by atoms with van der Waals surface area (Å²) in [5, 5.41) is 7.60. The van der Waals surface area contributed by atoms with E-state index in [4.69, 9.17) is 9.84 Å². The van der Waals surface area contributed by atoms with Crippen molar-refractivity contribution in [2.24, 2.45) is 0 Å². The largest absolute Gasteiger partial charge is 0.478 e. The average molecular weight is 216 g/mol. The summed E-state index contributed by atoms with van der Waals surface area (Å²) in [6.45, 7) is 9.60. The van der Waals surface area contributed by atoms with Crippen LogP contribution in [0.25, 0.3) is 0 Å². The molecule has 0 saturated carbocycles. The van der Waals surface area contributed by atoms with Crippen LogP contribution < -0.4 is 0 Å². The fraction of sp³-hybridized carbons (Fsp3) is 0.400. The van der Waals surface area contributed by atoms with Gasteiger partial charge in [-0.25, -0.2) is 9.59 Å². The van der Waals surface area contributed by atoms with Crippen LogP contribution in [0.5, 0.6) is 0 Å². The third kappa shape index (κ3) is 12.4. The van der Waals surface area contributed by atoms with Gasteiger partial charge in [0.05, 0.1) is 0 Å². The maximum Gasteiger partial charge on any atom is 0.335 e. The van der Waals surface area contributed by atoms with Crippen molar-refractivity contribution in [3.05, 3.63) is 24.8 Å². The van der Waals surface area contributed by atoms with Crippen molar-refractivity contribution in [2.75, 3.05) is 7.11 Å². The summed E-state index contributed by atoms with van der Waals surface area (Å²) in [5.41, 5.74) is 0.379. The highest BCUT2D eigenvalue weighted by Crippen LogP contribution is 1.97. The quantitative estimate of drug-likeness (QED) is 0.436. The zero-order chi connectivity index (χ0) is 12.4. The van der Waals surface area contributed by atoms with Crippen molar-refractivity contribution in [2.45, 2.75) is 20.1 Å². The Kier molecular flexibility index (Phi) is 9.45. The molecule has 0 aromatic carbocycles. The predicted octanol–water partition coefficient (Wildman–Crippen LogP) is 1.36. The first-order valence-corrected chi connectivity index (χ1v) is 4.09. The van der Waals surface area contributed by atoms with E-state index < -0.39 is 18.2 Å². The Morgan fingerprint density at radius 1 is 1.47 bits per heavy atom. The van der Waals surface area contributed by atoms with Gasteiger partial charge in [0.25, 0.3) is 0 Å². The number of carbonyl (C=O) groups excluding carboxylic acids is 1. The lowest BCUT2D eigenvalue weighted by atomic mass is 10.4. The highest BCUT2D eigenvalue weighted by atomic mass is 16.7. The number of esters is 1. The van der Waals surface area contributed by atoms with Gasteiger partial charge in [-0.2, -0.15) is 0 Å². The standard InChI is InChI=1S/C7H12O3.C3H4O2/c1-5(2)7(8)10-6(3)9-4;1-2-3(4)5/h6H,1H2,2-4H3;2H,1H2,(H,4,5). The second-order valence-corrected chi connectivity index (χ2v) is 2.53. The molecule has 0 aromatic heterocycles. The third-order valence-electron chi connectivity index (χ3n) is 1.13. The molecule has 86 valence electrons. The van der Waals surface area contributed by atoms with Gasteiger partial charge < -0.3 is 14.6 Å². The number of methoxy groups -OCH3 is 1. The third-order valence-corrected chi connectivity index (χ3v) is 1.13. The van der Waals surface area contributed by atoms with Gasteiger partial charge in [-0.1, -0.05) is 13.2 Å². The first-order valence-electron chi connectivity index (χ1n) is 4.09. The summed E-state index contributed by atoms with van der Waals surface area (Å²) in [5.74, 6) is -1.40. The minimum absolute atomic E-state index is 0.379. The van der Waals surface area contributed by atoms with E-state index in [-0.39, 0.29) is 0 Å². The number of ether oxygens (including phenoxy) is 2. The van der Waals surface area contributed by atoms with Crippen molar-refractivity contribution < 1.29 is 24.2 Å². The summed E-state index contributed by atoms with van der Waals surface area (Å²) in [6.07, 6.45) is 0.337. The number of hydrogen-bond acceptors (Lipinski definition) is 4. The van der Waals surface area contributed by atoms with E-state index in [1.165, 1.54) is 7.11 Å². The van der Waals surface area contributed by atoms with E-state index in [9.17, 15) is 9.59 Å². The molecule has 0 aromatic rings. The number of carboxylic acids is 1. The van der Waals surface area contributed by atoms with Crippen LogP contribution >= 0.6 is 0 Å². The topological polar surface area (TPSA) is 72.8 Å². The Hall–Kier alpha value is -1.62. The van der Waals surface area contributed by atoms with Crippen LogP contribution in [0.3, 0.4) is 0 Å². The first kappa shape index (κ1) is 15.8. The monoisotopic (exact) mass is 216 g/mol. The zero-order valence-electron chi connectivity index (χ0n) is 9.15. The van der Waals surface area contributed by atoms with Gasteiger partial charge in [0.2, 0.25) is 0 Å². The molecule has 0 radical (unpaired) electrons. The Bertz CT molecular complexity index is 244. The Labute approximate surface area is 89.0 Å². The van der Waals surface area contributed by atoms with Crippen LogP contribution in [0.4, 0.5) is 0 Å². The van der Waals surface area contributed by atoms with Gasteiger partial charge in [-0.15, -0.1) is 0 Å². The van der Waals surface area contributed by atoms with Crippen LogP contribution in [-0.2, 0) is 19.1 Å². The van der Waals surface area contributed by atoms with Crippen LogP contribution in [0, 0.1) is 0 Å². The minimum atomic E-state index is -0.981. The van der Waals surface area contributed by atoms with E-state index >= 15 is 0 Å². The second-order valence-electron chi connectivity index (χ2n) is 2.53. The second kappa shape index (κ2) is 8.96. The predicted molar refractivity (Wildman–Crippen MR) is 55.2 cm³/mol. The number of carbonyl (C=O) groups is 2. The van der Waals surface area contributed by atoms with Gasteiger partial charge >= 0.3 is 11.9 Å². The maximum atomic E-state index is 10.7. The minimum Gasteiger partial charge on any atom is -0.478 e. The van der Waals surface area contributed by atoms with Crippen LogP contribution in [0.15, 0.2) is 24.8 Å². The normalized spacial score (nSPS) is 10.3. The molecule has 0 aliphatic rings. The molecule has 0 bridgehead atoms. The van der Waals surface area contributed by atoms with Gasteiger partial charge in [-0.3, -0.25) is 0 Å². The molecule has 0 aliphatic heterocycles. The van der Waals surface area contributed by atoms with E-state index in [1.807, 2.05) is 0 Å². The molecular weight excluding hydrogens is 200 g/mol. The fourth-order valence-electron chi connectivity index (χ4n) is 0.299. The number of aliphatic carboxylic acids is 1. The van der Waals surface area contributed by atoms with Crippen molar-refractivity contribution in [3.63, 3.8) is 0 Å². The smallest absolute Gasteiger partial charge is 0.335 e. The molecule has 15 heavy (non-hydrogen) atoms. The average Bonchev–Trinajstić information content (AvgIpc) is 2.18. The molecule has 0 amide bonds. The summed E-state index contributed by atoms with van der Waals surface area (Å²) >= 11 is 0. The lowest BCUT2D eigenvalue weighted by Gasteiger charge is -2.09. The van der Waals surface area contributed by atoms with Crippen molar-refractivity contribution in [3.8, 4) is 0 Å². The Balaban J connectivity index is 0. The fourth-order valence-corrected chi connectivity index (χ4v) is 0.299. The van der Waals surface area contributed by atoms with Gasteiger partial charge in [-0.05, 0) is 13.8 Å². The molecule has 5 heteroatoms. The summed E-state index contributed by atoms with van der Waals surface area (Å²) < 4.78 is 9.39. The van der Waals surface area contributed by atoms with Crippen molar-refractivity contribution >= 4 is 11.9 Å². The molecule has 0 fully saturated rings. The maximum absolute atomic E-state index is 10.7. The summed E-state index contributed by atoms with van der Waals surface area (Å²) in [4.78, 5) is 20.0. The Morgan fingerprint density at radius 3 is 2.07 bits per heavy atom. The van der Waals surface area contributed by atoms with E-state index in [1.54, 1.807) is 13.8 Å². The molecule has 0 heterocycles. The molecular formula is C10H16O5. The van der Waals surface area contributed by atoms with Crippen LogP contribution in [-0.4, -0.2) is 30.4 Å². The summed E-state index contributed by atoms with van der Waals surface area (Å²) in [7, 11) is 1.47. The van der Waals surface area contributed by atoms with E-state index in [2.05, 4.69) is 17.9 Å². The van der Waals surface area contributed by atoms with E-state index in [0.717, 1.165) is 6.08 Å². The molecule has 0 saturated heterocycles. The van der Waals surface area contributed by atoms with Gasteiger partial charge in [0, 0.05) is 18.8 Å². The Morgan fingerprint density at radius 2 is 1.87 bits per heavy atom. The molecule has 0 spiro atoms. The van der Waals surface area contributed by atoms with Crippen molar-refractivity contribution in [1.29, 1.82) is 0 Å². The van der Waals surface area contributed by atoms with Gasteiger partial charge in [0.15, 0.2) is 6.29 Å². The zero-order valence-corrected chi connectivity index (χ0v) is 9.15. The molecule has 1 N–H and O–H groups in total. The molecule has 1 atom stereocenters.